The number of nitrogens with zero attached hydrogens (tertiary/aromatic N) is 2. The fourth-order valence-electron chi connectivity index (χ4n) is 1.69. The summed E-state index contributed by atoms with van der Waals surface area (Å²) in [7, 11) is 1.57. The van der Waals surface area contributed by atoms with Crippen molar-refractivity contribution in [1.82, 2.24) is 10.2 Å². The van der Waals surface area contributed by atoms with Crippen molar-refractivity contribution in [2.75, 3.05) is 13.6 Å². The molecule has 0 aromatic rings. The molecule has 2 amide bonds. The van der Waals surface area contributed by atoms with Crippen molar-refractivity contribution in [3.8, 4) is 0 Å². The highest BCUT2D eigenvalue weighted by molar-refractivity contribution is 5.89. The summed E-state index contributed by atoms with van der Waals surface area (Å²) in [6.07, 6.45) is 2.71. The number of hydrogen-bond acceptors (Lipinski definition) is 3. The topological polar surface area (TPSA) is 91.0 Å². The Morgan fingerprint density at radius 1 is 1.64 bits per heavy atom. The third-order valence-electron chi connectivity index (χ3n) is 2.43. The molecule has 6 heteroatoms. The van der Waals surface area contributed by atoms with Crippen LogP contribution in [-0.2, 0) is 0 Å². The van der Waals surface area contributed by atoms with E-state index in [0.717, 1.165) is 19.3 Å². The molecule has 0 spiro atoms. The molecule has 0 aromatic carbocycles. The Labute approximate surface area is 82.7 Å². The molecule has 1 unspecified atom stereocenters. The number of likely N-dealkylation sites (tertiary alicyclic amines) is 1. The number of hydrogen-bond donors (Lipinski definition) is 3. The molecule has 1 aliphatic rings. The van der Waals surface area contributed by atoms with Crippen molar-refractivity contribution >= 4 is 11.9 Å². The molecule has 80 valence electrons. The monoisotopic (exact) mass is 200 g/mol. The van der Waals surface area contributed by atoms with E-state index >= 15 is 0 Å². The number of urea groups is 1. The summed E-state index contributed by atoms with van der Waals surface area (Å²) < 4.78 is 0. The van der Waals surface area contributed by atoms with Gasteiger partial charge in [0.1, 0.15) is 0 Å². The summed E-state index contributed by atoms with van der Waals surface area (Å²) >= 11 is 0. The molecule has 1 heterocycles. The number of piperidine rings is 1. The molecule has 6 nitrogen and oxygen atoms in total. The van der Waals surface area contributed by atoms with Gasteiger partial charge in [0.05, 0.1) is 6.04 Å². The third-order valence-corrected chi connectivity index (χ3v) is 2.43. The maximum atomic E-state index is 11.4. The zero-order valence-electron chi connectivity index (χ0n) is 8.23. The van der Waals surface area contributed by atoms with E-state index in [-0.39, 0.29) is 17.9 Å². The fraction of sp³-hybridized carbons (Fsp3) is 0.750. The number of carbonyl (C=O) groups is 1. The normalized spacial score (nSPS) is 23.4. The minimum absolute atomic E-state index is 0.105. The molecule has 14 heavy (non-hydrogen) atoms. The first-order valence-electron chi connectivity index (χ1n) is 4.66. The van der Waals surface area contributed by atoms with E-state index < -0.39 is 0 Å². The van der Waals surface area contributed by atoms with Gasteiger partial charge in [-0.05, 0) is 19.3 Å². The summed E-state index contributed by atoms with van der Waals surface area (Å²) in [5, 5.41) is 14.1. The Balaban J connectivity index is 2.73. The van der Waals surface area contributed by atoms with Crippen molar-refractivity contribution in [2.45, 2.75) is 25.3 Å². The minimum atomic E-state index is -0.270. The summed E-state index contributed by atoms with van der Waals surface area (Å²) in [5.41, 5.74) is 5.51. The molecular weight excluding hydrogens is 184 g/mol. The lowest BCUT2D eigenvalue weighted by molar-refractivity contribution is 0.172. The van der Waals surface area contributed by atoms with Crippen LogP contribution in [0.5, 0.6) is 0 Å². The van der Waals surface area contributed by atoms with Crippen LogP contribution in [0.1, 0.15) is 19.3 Å². The highest BCUT2D eigenvalue weighted by Gasteiger charge is 2.28. The lowest BCUT2D eigenvalue weighted by Gasteiger charge is -2.34. The summed E-state index contributed by atoms with van der Waals surface area (Å²) in [6.45, 7) is 0.653. The molecule has 0 saturated carbocycles. The standard InChI is InChI=1S/C8H16N4O2/c1-10-8(13)12-5-3-2-4-6(12)7(9)11-14/h6,14H,2-5H2,1H3,(H2,9,11)(H,10,13). The van der Waals surface area contributed by atoms with E-state index in [1.54, 1.807) is 11.9 Å². The largest absolute Gasteiger partial charge is 0.409 e. The second kappa shape index (κ2) is 4.69. The quantitative estimate of drug-likeness (QED) is 0.239. The highest BCUT2D eigenvalue weighted by atomic mass is 16.4. The molecule has 1 aliphatic heterocycles. The maximum absolute atomic E-state index is 11.4. The van der Waals surface area contributed by atoms with Crippen LogP contribution in [0.25, 0.3) is 0 Å². The molecule has 0 radical (unpaired) electrons. The molecule has 1 fully saturated rings. The average molecular weight is 200 g/mol. The summed E-state index contributed by atoms with van der Waals surface area (Å²) in [5.74, 6) is 0.105. The van der Waals surface area contributed by atoms with Crippen molar-refractivity contribution in [2.24, 2.45) is 10.9 Å². The van der Waals surface area contributed by atoms with Crippen molar-refractivity contribution in [3.63, 3.8) is 0 Å². The van der Waals surface area contributed by atoms with Gasteiger partial charge in [-0.2, -0.15) is 0 Å². The van der Waals surface area contributed by atoms with Crippen molar-refractivity contribution < 1.29 is 10.0 Å². The van der Waals surface area contributed by atoms with Gasteiger partial charge in [0.2, 0.25) is 0 Å². The Morgan fingerprint density at radius 2 is 2.36 bits per heavy atom. The van der Waals surface area contributed by atoms with E-state index in [9.17, 15) is 4.79 Å². The van der Waals surface area contributed by atoms with Crippen molar-refractivity contribution in [1.29, 1.82) is 0 Å². The number of rotatable bonds is 1. The molecule has 1 atom stereocenters. The molecule has 0 bridgehead atoms. The maximum Gasteiger partial charge on any atom is 0.317 e. The summed E-state index contributed by atoms with van der Waals surface area (Å²) in [4.78, 5) is 13.0. The van der Waals surface area contributed by atoms with Gasteiger partial charge in [0, 0.05) is 13.6 Å². The summed E-state index contributed by atoms with van der Waals surface area (Å²) in [6, 6.07) is -0.449. The molecule has 0 aliphatic carbocycles. The SMILES string of the molecule is CNC(=O)N1CCCCC1C(N)=NO. The van der Waals surface area contributed by atoms with Crippen LogP contribution in [0.2, 0.25) is 0 Å². The zero-order chi connectivity index (χ0) is 10.6. The van der Waals surface area contributed by atoms with Gasteiger partial charge in [-0.25, -0.2) is 4.79 Å². The Morgan fingerprint density at radius 3 is 2.93 bits per heavy atom. The third kappa shape index (κ3) is 2.07. The van der Waals surface area contributed by atoms with Gasteiger partial charge in [-0.15, -0.1) is 0 Å². The second-order valence-corrected chi connectivity index (χ2v) is 3.28. The predicted molar refractivity (Wildman–Crippen MR) is 52.2 cm³/mol. The molecular formula is C8H16N4O2. The van der Waals surface area contributed by atoms with E-state index in [2.05, 4.69) is 10.5 Å². The first-order chi connectivity index (χ1) is 6.70. The van der Waals surface area contributed by atoms with Crippen LogP contribution in [-0.4, -0.2) is 41.6 Å². The predicted octanol–water partition coefficient (Wildman–Crippen LogP) is -0.0733. The van der Waals surface area contributed by atoms with Crippen LogP contribution < -0.4 is 11.1 Å². The molecule has 1 rings (SSSR count). The van der Waals surface area contributed by atoms with Gasteiger partial charge in [-0.3, -0.25) is 0 Å². The minimum Gasteiger partial charge on any atom is -0.409 e. The number of nitrogens with two attached hydrogens (primary N) is 1. The van der Waals surface area contributed by atoms with Gasteiger partial charge < -0.3 is 21.2 Å². The zero-order valence-corrected chi connectivity index (χ0v) is 8.23. The number of nitrogens with one attached hydrogen (secondary N) is 1. The van der Waals surface area contributed by atoms with E-state index in [1.807, 2.05) is 0 Å². The van der Waals surface area contributed by atoms with Gasteiger partial charge in [0.15, 0.2) is 5.84 Å². The average Bonchev–Trinajstić information content (AvgIpc) is 2.27. The molecule has 0 aromatic heterocycles. The van der Waals surface area contributed by atoms with Gasteiger partial charge in [0.25, 0.3) is 0 Å². The van der Waals surface area contributed by atoms with E-state index in [0.29, 0.717) is 6.54 Å². The Kier molecular flexibility index (Phi) is 3.55. The van der Waals surface area contributed by atoms with Crippen LogP contribution in [0.4, 0.5) is 4.79 Å². The first-order valence-corrected chi connectivity index (χ1v) is 4.66. The van der Waals surface area contributed by atoms with Crippen LogP contribution in [0.15, 0.2) is 5.16 Å². The van der Waals surface area contributed by atoms with Gasteiger partial charge >= 0.3 is 6.03 Å². The molecule has 1 saturated heterocycles. The lowest BCUT2D eigenvalue weighted by atomic mass is 10.0. The van der Waals surface area contributed by atoms with Gasteiger partial charge in [-0.1, -0.05) is 5.16 Å². The van der Waals surface area contributed by atoms with Crippen LogP contribution in [0.3, 0.4) is 0 Å². The van der Waals surface area contributed by atoms with Crippen molar-refractivity contribution in [3.05, 3.63) is 0 Å². The second-order valence-electron chi connectivity index (χ2n) is 3.28. The number of amidine groups is 1. The van der Waals surface area contributed by atoms with E-state index in [1.165, 1.54) is 0 Å². The highest BCUT2D eigenvalue weighted by Crippen LogP contribution is 2.16. The smallest absolute Gasteiger partial charge is 0.317 e. The van der Waals surface area contributed by atoms with Crippen LogP contribution in [0, 0.1) is 0 Å². The van der Waals surface area contributed by atoms with Crippen LogP contribution >= 0.6 is 0 Å². The number of oxime groups is 1. The fourth-order valence-corrected chi connectivity index (χ4v) is 1.69. The molecule has 4 N–H and O–H groups in total. The first kappa shape index (κ1) is 10.6. The number of carbonyl (C=O) groups excluding carboxylic acids is 1. The number of amides is 2. The Hall–Kier alpha value is -1.46. The Bertz CT molecular complexity index is 241. The lowest BCUT2D eigenvalue weighted by Crippen LogP contribution is -2.53. The van der Waals surface area contributed by atoms with E-state index in [4.69, 9.17) is 10.9 Å².